The van der Waals surface area contributed by atoms with E-state index in [2.05, 4.69) is 41.0 Å². The lowest BCUT2D eigenvalue weighted by atomic mass is 10.1. The second-order valence-corrected chi connectivity index (χ2v) is 9.25. The summed E-state index contributed by atoms with van der Waals surface area (Å²) in [7, 11) is 0. The molecule has 0 saturated heterocycles. The fourth-order valence-electron chi connectivity index (χ4n) is 2.65. The maximum absolute atomic E-state index is 13.8. The van der Waals surface area contributed by atoms with Crippen molar-refractivity contribution < 1.29 is 4.39 Å². The number of nitrogens with zero attached hydrogens (tertiary/aromatic N) is 4. The van der Waals surface area contributed by atoms with Crippen molar-refractivity contribution in [2.45, 2.75) is 49.3 Å². The van der Waals surface area contributed by atoms with E-state index in [9.17, 15) is 4.39 Å². The molecule has 3 N–H and O–H groups in total. The van der Waals surface area contributed by atoms with Gasteiger partial charge in [0.25, 0.3) is 0 Å². The lowest BCUT2D eigenvalue weighted by Gasteiger charge is -2.20. The quantitative estimate of drug-likeness (QED) is 0.422. The molecule has 2 heterocycles. The maximum atomic E-state index is 13.8. The average Bonchev–Trinajstić information content (AvgIpc) is 2.87. The van der Waals surface area contributed by atoms with Gasteiger partial charge in [0.15, 0.2) is 22.1 Å². The number of benzene rings is 1. The molecule has 0 aliphatic heterocycles. The molecule has 28 heavy (non-hydrogen) atoms. The third-order valence-corrected chi connectivity index (χ3v) is 5.22. The smallest absolute Gasteiger partial charge is 0.312 e. The molecule has 0 atom stereocenters. The van der Waals surface area contributed by atoms with Gasteiger partial charge in [-0.15, -0.1) is 0 Å². The van der Waals surface area contributed by atoms with E-state index in [-0.39, 0.29) is 11.4 Å². The highest BCUT2D eigenvalue weighted by atomic mass is 35.5. The van der Waals surface area contributed by atoms with Crippen LogP contribution in [0.2, 0.25) is 10.0 Å². The van der Waals surface area contributed by atoms with Crippen LogP contribution < -0.4 is 11.1 Å². The number of aryl methyl sites for hydroxylation is 1. The maximum Gasteiger partial charge on any atom is 0.312 e. The molecule has 0 amide bonds. The summed E-state index contributed by atoms with van der Waals surface area (Å²) in [6.45, 7) is 7.69. The van der Waals surface area contributed by atoms with Crippen molar-refractivity contribution in [3.8, 4) is 0 Å². The fraction of sp³-hybridized carbons (Fsp3) is 0.389. The van der Waals surface area contributed by atoms with Gasteiger partial charge in [0.05, 0.1) is 0 Å². The standard InChI is InChI=1S/C18H21Cl2FN6S/c1-18(2,3)23-5-4-6-27-15-13(14(22)25-16(21)26-15)24-17(27)28-12-8-10(19)7-11(20)9-12/h7-9,23H,4-6H2,1-3H3,(H2,22,25,26). The van der Waals surface area contributed by atoms with Crippen LogP contribution in [0.1, 0.15) is 27.2 Å². The molecule has 150 valence electrons. The molecule has 3 aromatic rings. The van der Waals surface area contributed by atoms with Gasteiger partial charge < -0.3 is 15.6 Å². The van der Waals surface area contributed by atoms with E-state index in [4.69, 9.17) is 28.9 Å². The zero-order valence-electron chi connectivity index (χ0n) is 15.8. The Balaban J connectivity index is 1.94. The molecule has 2 aromatic heterocycles. The van der Waals surface area contributed by atoms with Gasteiger partial charge >= 0.3 is 6.08 Å². The summed E-state index contributed by atoms with van der Waals surface area (Å²) in [5, 5.41) is 5.10. The first kappa shape index (κ1) is 21.1. The Morgan fingerprint density at radius 1 is 1.14 bits per heavy atom. The number of hydrogen-bond acceptors (Lipinski definition) is 6. The van der Waals surface area contributed by atoms with Crippen LogP contribution in [0.3, 0.4) is 0 Å². The lowest BCUT2D eigenvalue weighted by molar-refractivity contribution is 0.411. The van der Waals surface area contributed by atoms with Gasteiger partial charge in [-0.25, -0.2) is 4.98 Å². The molecule has 0 spiro atoms. The third-order valence-electron chi connectivity index (χ3n) is 3.82. The minimum absolute atomic E-state index is 0.0139. The summed E-state index contributed by atoms with van der Waals surface area (Å²) >= 11 is 13.6. The summed E-state index contributed by atoms with van der Waals surface area (Å²) in [4.78, 5) is 12.9. The van der Waals surface area contributed by atoms with Crippen LogP contribution in [0.4, 0.5) is 10.2 Å². The SMILES string of the molecule is CC(C)(C)NCCCn1c(Sc2cc(Cl)cc(Cl)c2)nc2c(N)nc(F)nc21. The molecular formula is C18H21Cl2FN6S. The molecular weight excluding hydrogens is 422 g/mol. The van der Waals surface area contributed by atoms with Crippen LogP contribution in [0, 0.1) is 6.08 Å². The Morgan fingerprint density at radius 3 is 2.46 bits per heavy atom. The van der Waals surface area contributed by atoms with Crippen molar-refractivity contribution in [2.24, 2.45) is 0 Å². The van der Waals surface area contributed by atoms with Gasteiger partial charge in [0.2, 0.25) is 0 Å². The molecule has 0 saturated carbocycles. The first-order valence-corrected chi connectivity index (χ1v) is 10.3. The number of nitrogen functional groups attached to an aromatic ring is 1. The van der Waals surface area contributed by atoms with Gasteiger partial charge in [0.1, 0.15) is 0 Å². The molecule has 0 aliphatic carbocycles. The Bertz CT molecular complexity index is 982. The Kier molecular flexibility index (Phi) is 6.34. The van der Waals surface area contributed by atoms with Crippen molar-refractivity contribution in [2.75, 3.05) is 12.3 Å². The van der Waals surface area contributed by atoms with Crippen molar-refractivity contribution in [1.29, 1.82) is 0 Å². The second-order valence-electron chi connectivity index (χ2n) is 7.33. The highest BCUT2D eigenvalue weighted by Gasteiger charge is 2.18. The summed E-state index contributed by atoms with van der Waals surface area (Å²) in [6, 6.07) is 5.24. The minimum atomic E-state index is -0.874. The summed E-state index contributed by atoms with van der Waals surface area (Å²) in [5.41, 5.74) is 6.63. The molecule has 0 bridgehead atoms. The number of fused-ring (bicyclic) bond motifs is 1. The molecule has 10 heteroatoms. The Labute approximate surface area is 177 Å². The molecule has 0 aliphatic rings. The largest absolute Gasteiger partial charge is 0.382 e. The van der Waals surface area contributed by atoms with Crippen LogP contribution in [-0.4, -0.2) is 31.6 Å². The minimum Gasteiger partial charge on any atom is -0.382 e. The number of imidazole rings is 1. The molecule has 0 radical (unpaired) electrons. The third kappa shape index (κ3) is 5.26. The van der Waals surface area contributed by atoms with Crippen molar-refractivity contribution in [3.63, 3.8) is 0 Å². The highest BCUT2D eigenvalue weighted by Crippen LogP contribution is 2.34. The van der Waals surface area contributed by atoms with E-state index in [0.717, 1.165) is 17.9 Å². The van der Waals surface area contributed by atoms with E-state index in [1.54, 1.807) is 18.2 Å². The molecule has 1 aromatic carbocycles. The zero-order chi connectivity index (χ0) is 20.5. The molecule has 3 rings (SSSR count). The lowest BCUT2D eigenvalue weighted by Crippen LogP contribution is -2.36. The average molecular weight is 443 g/mol. The zero-order valence-corrected chi connectivity index (χ0v) is 18.1. The van der Waals surface area contributed by atoms with E-state index in [0.29, 0.717) is 32.9 Å². The molecule has 0 unspecified atom stereocenters. The van der Waals surface area contributed by atoms with Crippen molar-refractivity contribution >= 4 is 51.9 Å². The summed E-state index contributed by atoms with van der Waals surface area (Å²) in [5.74, 6) is 0.0139. The van der Waals surface area contributed by atoms with Crippen LogP contribution in [0.5, 0.6) is 0 Å². The second kappa shape index (κ2) is 8.41. The van der Waals surface area contributed by atoms with Crippen molar-refractivity contribution in [3.05, 3.63) is 34.3 Å². The van der Waals surface area contributed by atoms with E-state index >= 15 is 0 Å². The van der Waals surface area contributed by atoms with Gasteiger partial charge in [-0.3, -0.25) is 0 Å². The number of halogens is 3. The first-order chi connectivity index (χ1) is 13.1. The number of hydrogen-bond donors (Lipinski definition) is 2. The van der Waals surface area contributed by atoms with Gasteiger partial charge in [-0.1, -0.05) is 35.0 Å². The van der Waals surface area contributed by atoms with Gasteiger partial charge in [-0.05, 0) is 51.9 Å². The predicted octanol–water partition coefficient (Wildman–Crippen LogP) is 4.78. The Morgan fingerprint density at radius 2 is 1.82 bits per heavy atom. The van der Waals surface area contributed by atoms with Crippen LogP contribution >= 0.6 is 35.0 Å². The van der Waals surface area contributed by atoms with Gasteiger partial charge in [0, 0.05) is 27.0 Å². The highest BCUT2D eigenvalue weighted by molar-refractivity contribution is 7.99. The normalized spacial score (nSPS) is 12.1. The number of nitrogens with one attached hydrogen (secondary N) is 1. The monoisotopic (exact) mass is 442 g/mol. The van der Waals surface area contributed by atoms with E-state index in [1.807, 2.05) is 4.57 Å². The Hall–Kier alpha value is -1.61. The summed E-state index contributed by atoms with van der Waals surface area (Å²) in [6.07, 6.45) is -0.0701. The predicted molar refractivity (Wildman–Crippen MR) is 113 cm³/mol. The topological polar surface area (TPSA) is 81.7 Å². The molecule has 0 fully saturated rings. The number of aromatic nitrogens is 4. The first-order valence-electron chi connectivity index (χ1n) is 8.70. The van der Waals surface area contributed by atoms with E-state index in [1.165, 1.54) is 11.8 Å². The number of nitrogens with two attached hydrogens (primary N) is 1. The fourth-order valence-corrected chi connectivity index (χ4v) is 4.31. The van der Waals surface area contributed by atoms with Crippen LogP contribution in [-0.2, 0) is 6.54 Å². The number of rotatable bonds is 6. The van der Waals surface area contributed by atoms with Crippen molar-refractivity contribution in [1.82, 2.24) is 24.8 Å². The van der Waals surface area contributed by atoms with Gasteiger partial charge in [-0.2, -0.15) is 14.4 Å². The van der Waals surface area contributed by atoms with E-state index < -0.39 is 6.08 Å². The van der Waals surface area contributed by atoms with Crippen LogP contribution in [0.25, 0.3) is 11.2 Å². The summed E-state index contributed by atoms with van der Waals surface area (Å²) < 4.78 is 15.6. The number of anilines is 1. The molecule has 6 nitrogen and oxygen atoms in total. The van der Waals surface area contributed by atoms with Crippen LogP contribution in [0.15, 0.2) is 28.3 Å².